The van der Waals surface area contributed by atoms with Crippen LogP contribution < -0.4 is 11.1 Å². The van der Waals surface area contributed by atoms with Gasteiger partial charge in [0.2, 0.25) is 11.9 Å². The monoisotopic (exact) mass is 419 g/mol. The van der Waals surface area contributed by atoms with E-state index in [2.05, 4.69) is 39.8 Å². The predicted octanol–water partition coefficient (Wildman–Crippen LogP) is 2.76. The van der Waals surface area contributed by atoms with E-state index in [4.69, 9.17) is 5.73 Å². The average molecular weight is 419 g/mol. The molecule has 0 atom stereocenters. The van der Waals surface area contributed by atoms with Crippen LogP contribution in [0.1, 0.15) is 30.4 Å². The van der Waals surface area contributed by atoms with Crippen molar-refractivity contribution in [2.24, 2.45) is 0 Å². The zero-order valence-corrected chi connectivity index (χ0v) is 16.8. The number of halogens is 1. The van der Waals surface area contributed by atoms with E-state index >= 15 is 0 Å². The van der Waals surface area contributed by atoms with E-state index in [1.165, 1.54) is 12.1 Å². The number of aromatic nitrogens is 6. The summed E-state index contributed by atoms with van der Waals surface area (Å²) in [5, 5.41) is 11.7. The molecule has 5 rings (SSSR count). The average Bonchev–Trinajstić information content (AvgIpc) is 3.20. The van der Waals surface area contributed by atoms with Crippen molar-refractivity contribution < 1.29 is 4.39 Å². The van der Waals surface area contributed by atoms with Crippen molar-refractivity contribution in [2.75, 3.05) is 24.1 Å². The second-order valence-electron chi connectivity index (χ2n) is 7.60. The largest absolute Gasteiger partial charge is 0.368 e. The molecule has 10 heteroatoms. The van der Waals surface area contributed by atoms with Gasteiger partial charge < -0.3 is 11.1 Å². The lowest BCUT2D eigenvalue weighted by Gasteiger charge is -2.30. The second-order valence-corrected chi connectivity index (χ2v) is 7.60. The number of nitrogens with zero attached hydrogens (tertiary/aromatic N) is 7. The van der Waals surface area contributed by atoms with Gasteiger partial charge in [-0.1, -0.05) is 6.07 Å². The summed E-state index contributed by atoms with van der Waals surface area (Å²) in [6, 6.07) is 11.9. The maximum atomic E-state index is 13.1. The molecular formula is C21H22FN9. The fourth-order valence-corrected chi connectivity index (χ4v) is 3.91. The molecule has 0 saturated carbocycles. The van der Waals surface area contributed by atoms with Crippen molar-refractivity contribution in [3.8, 4) is 0 Å². The number of nitrogens with two attached hydrogens (primary N) is 1. The molecule has 158 valence electrons. The van der Waals surface area contributed by atoms with Crippen LogP contribution in [0.5, 0.6) is 0 Å². The maximum Gasteiger partial charge on any atom is 0.232 e. The Morgan fingerprint density at radius 2 is 1.81 bits per heavy atom. The van der Waals surface area contributed by atoms with Crippen LogP contribution in [-0.4, -0.2) is 47.5 Å². The van der Waals surface area contributed by atoms with E-state index in [0.29, 0.717) is 29.9 Å². The summed E-state index contributed by atoms with van der Waals surface area (Å²) in [6.45, 7) is 2.38. The molecule has 3 N–H and O–H groups in total. The number of likely N-dealkylation sites (tertiary alicyclic amines) is 1. The van der Waals surface area contributed by atoms with Crippen LogP contribution in [0.2, 0.25) is 0 Å². The van der Waals surface area contributed by atoms with Gasteiger partial charge in [0.1, 0.15) is 17.5 Å². The van der Waals surface area contributed by atoms with E-state index in [1.807, 2.05) is 24.4 Å². The number of hydrogen-bond donors (Lipinski definition) is 2. The summed E-state index contributed by atoms with van der Waals surface area (Å²) >= 11 is 0. The Labute approximate surface area is 178 Å². The van der Waals surface area contributed by atoms with Crippen LogP contribution >= 0.6 is 0 Å². The molecule has 1 aliphatic rings. The number of anilines is 3. The van der Waals surface area contributed by atoms with E-state index in [-0.39, 0.29) is 11.8 Å². The van der Waals surface area contributed by atoms with Crippen LogP contribution in [0.3, 0.4) is 0 Å². The highest BCUT2D eigenvalue weighted by Gasteiger charge is 2.25. The lowest BCUT2D eigenvalue weighted by atomic mass is 9.96. The minimum absolute atomic E-state index is 0.152. The molecule has 4 heterocycles. The minimum Gasteiger partial charge on any atom is -0.368 e. The van der Waals surface area contributed by atoms with Crippen LogP contribution in [0.15, 0.2) is 48.7 Å². The maximum absolute atomic E-state index is 13.1. The Balaban J connectivity index is 1.24. The van der Waals surface area contributed by atoms with Gasteiger partial charge in [0.15, 0.2) is 5.65 Å². The van der Waals surface area contributed by atoms with Crippen molar-refractivity contribution >= 4 is 23.2 Å². The van der Waals surface area contributed by atoms with E-state index in [0.717, 1.165) is 37.4 Å². The Morgan fingerprint density at radius 3 is 2.61 bits per heavy atom. The highest BCUT2D eigenvalue weighted by atomic mass is 19.1. The van der Waals surface area contributed by atoms with Gasteiger partial charge in [-0.05, 0) is 62.3 Å². The van der Waals surface area contributed by atoms with E-state index < -0.39 is 0 Å². The molecule has 0 unspecified atom stereocenters. The van der Waals surface area contributed by atoms with Crippen LogP contribution in [-0.2, 0) is 6.54 Å². The van der Waals surface area contributed by atoms with Crippen molar-refractivity contribution in [1.29, 1.82) is 0 Å². The van der Waals surface area contributed by atoms with Crippen molar-refractivity contribution in [3.63, 3.8) is 0 Å². The van der Waals surface area contributed by atoms with Gasteiger partial charge in [0.05, 0.1) is 6.54 Å². The zero-order chi connectivity index (χ0) is 21.2. The number of pyridine rings is 1. The summed E-state index contributed by atoms with van der Waals surface area (Å²) in [5.41, 5.74) is 7.44. The smallest absolute Gasteiger partial charge is 0.232 e. The van der Waals surface area contributed by atoms with Crippen molar-refractivity contribution in [2.45, 2.75) is 25.3 Å². The molecule has 0 bridgehead atoms. The molecule has 1 fully saturated rings. The summed E-state index contributed by atoms with van der Waals surface area (Å²) in [4.78, 5) is 15.2. The molecule has 4 aromatic rings. The number of piperidine rings is 1. The Hall–Kier alpha value is -3.66. The van der Waals surface area contributed by atoms with Gasteiger partial charge in [-0.2, -0.15) is 15.0 Å². The third-order valence-electron chi connectivity index (χ3n) is 5.46. The topological polar surface area (TPSA) is 110 Å². The Bertz CT molecular complexity index is 1180. The van der Waals surface area contributed by atoms with Gasteiger partial charge in [0, 0.05) is 17.8 Å². The SMILES string of the molecule is Nc1nc(CN2CCC(c3nnc4ccccn34)CC2)nc(Nc2ccc(F)cc2)n1. The van der Waals surface area contributed by atoms with E-state index in [9.17, 15) is 4.39 Å². The number of nitrogens with one attached hydrogen (secondary N) is 1. The van der Waals surface area contributed by atoms with Gasteiger partial charge in [-0.15, -0.1) is 10.2 Å². The molecule has 3 aromatic heterocycles. The standard InChI is InChI=1S/C21H22FN9/c22-15-4-6-16(7-5-15)24-21-26-17(25-20(23)27-21)13-30-11-8-14(9-12-30)19-29-28-18-3-1-2-10-31(18)19/h1-7,10,14H,8-9,11-13H2,(H3,23,24,25,26,27). The molecule has 0 spiro atoms. The second kappa shape index (κ2) is 8.23. The molecule has 0 aliphatic carbocycles. The van der Waals surface area contributed by atoms with Gasteiger partial charge in [-0.25, -0.2) is 4.39 Å². The highest BCUT2D eigenvalue weighted by molar-refractivity contribution is 5.53. The van der Waals surface area contributed by atoms with Gasteiger partial charge >= 0.3 is 0 Å². The number of fused-ring (bicyclic) bond motifs is 1. The first-order valence-corrected chi connectivity index (χ1v) is 10.2. The first-order chi connectivity index (χ1) is 15.1. The lowest BCUT2D eigenvalue weighted by Crippen LogP contribution is -2.33. The molecule has 1 saturated heterocycles. The fourth-order valence-electron chi connectivity index (χ4n) is 3.91. The molecule has 1 aromatic carbocycles. The van der Waals surface area contributed by atoms with Crippen molar-refractivity contribution in [1.82, 2.24) is 34.4 Å². The molecule has 0 amide bonds. The minimum atomic E-state index is -0.302. The third-order valence-corrected chi connectivity index (χ3v) is 5.46. The van der Waals surface area contributed by atoms with E-state index in [1.54, 1.807) is 12.1 Å². The first kappa shape index (κ1) is 19.3. The summed E-state index contributed by atoms with van der Waals surface area (Å²) < 4.78 is 15.2. The Kier molecular flexibility index (Phi) is 5.13. The van der Waals surface area contributed by atoms with Crippen LogP contribution in [0, 0.1) is 5.82 Å². The van der Waals surface area contributed by atoms with Crippen LogP contribution in [0.4, 0.5) is 22.0 Å². The molecular weight excluding hydrogens is 397 g/mol. The Morgan fingerprint density at radius 1 is 1.00 bits per heavy atom. The molecule has 9 nitrogen and oxygen atoms in total. The van der Waals surface area contributed by atoms with Crippen LogP contribution in [0.25, 0.3) is 5.65 Å². The number of hydrogen-bond acceptors (Lipinski definition) is 8. The predicted molar refractivity (Wildman–Crippen MR) is 114 cm³/mol. The highest BCUT2D eigenvalue weighted by Crippen LogP contribution is 2.27. The quantitative estimate of drug-likeness (QED) is 0.508. The zero-order valence-electron chi connectivity index (χ0n) is 16.8. The summed E-state index contributed by atoms with van der Waals surface area (Å²) in [7, 11) is 0. The summed E-state index contributed by atoms with van der Waals surface area (Å²) in [6.07, 6.45) is 3.98. The molecule has 0 radical (unpaired) electrons. The normalized spacial score (nSPS) is 15.4. The number of rotatable bonds is 5. The van der Waals surface area contributed by atoms with Gasteiger partial charge in [0.25, 0.3) is 0 Å². The lowest BCUT2D eigenvalue weighted by molar-refractivity contribution is 0.197. The summed E-state index contributed by atoms with van der Waals surface area (Å²) in [5.74, 6) is 2.18. The third kappa shape index (κ3) is 4.29. The first-order valence-electron chi connectivity index (χ1n) is 10.2. The molecule has 1 aliphatic heterocycles. The van der Waals surface area contributed by atoms with Gasteiger partial charge in [-0.3, -0.25) is 9.30 Å². The molecule has 31 heavy (non-hydrogen) atoms. The number of nitrogen functional groups attached to an aromatic ring is 1. The fraction of sp³-hybridized carbons (Fsp3) is 0.286. The van der Waals surface area contributed by atoms with Crippen molar-refractivity contribution in [3.05, 3.63) is 66.1 Å². The number of benzene rings is 1.